The van der Waals surface area contributed by atoms with Gasteiger partial charge >= 0.3 is 0 Å². The zero-order valence-electron chi connectivity index (χ0n) is 17.7. The second-order valence-electron chi connectivity index (χ2n) is 7.09. The lowest BCUT2D eigenvalue weighted by Gasteiger charge is -2.36. The number of para-hydroxylation sites is 1. The Morgan fingerprint density at radius 3 is 2.33 bits per heavy atom. The molecule has 0 saturated carbocycles. The van der Waals surface area contributed by atoms with Gasteiger partial charge in [0.2, 0.25) is 0 Å². The maximum Gasteiger partial charge on any atom is 0.194 e. The number of benzene rings is 2. The molecule has 7 heteroatoms. The monoisotopic (exact) mass is 524 g/mol. The first-order chi connectivity index (χ1) is 14.3. The lowest BCUT2D eigenvalue weighted by Crippen LogP contribution is -2.53. The van der Waals surface area contributed by atoms with Gasteiger partial charge in [-0.15, -0.1) is 24.0 Å². The molecule has 1 heterocycles. The summed E-state index contributed by atoms with van der Waals surface area (Å²) in [7, 11) is 0. The van der Waals surface area contributed by atoms with Gasteiger partial charge in [-0.05, 0) is 30.2 Å². The van der Waals surface area contributed by atoms with Gasteiger partial charge < -0.3 is 20.1 Å². The molecule has 0 spiro atoms. The highest BCUT2D eigenvalue weighted by Crippen LogP contribution is 2.11. The normalized spacial score (nSPS) is 14.9. The number of aliphatic hydroxyl groups is 1. The van der Waals surface area contributed by atoms with Crippen LogP contribution in [0.5, 0.6) is 5.75 Å². The smallest absolute Gasteiger partial charge is 0.194 e. The van der Waals surface area contributed by atoms with E-state index >= 15 is 0 Å². The maximum atomic E-state index is 9.52. The first kappa shape index (κ1) is 24.4. The Morgan fingerprint density at radius 2 is 1.67 bits per heavy atom. The number of ether oxygens (including phenoxy) is 1. The van der Waals surface area contributed by atoms with Crippen molar-refractivity contribution in [3.8, 4) is 5.75 Å². The third-order valence-electron chi connectivity index (χ3n) is 5.11. The number of aliphatic hydroxyl groups excluding tert-OH is 1. The number of halogens is 1. The van der Waals surface area contributed by atoms with E-state index in [0.717, 1.165) is 62.1 Å². The van der Waals surface area contributed by atoms with Gasteiger partial charge in [-0.1, -0.05) is 42.5 Å². The van der Waals surface area contributed by atoms with E-state index in [1.165, 1.54) is 0 Å². The predicted molar refractivity (Wildman–Crippen MR) is 133 cm³/mol. The van der Waals surface area contributed by atoms with Gasteiger partial charge in [0.05, 0.1) is 13.2 Å². The second kappa shape index (κ2) is 13.5. The van der Waals surface area contributed by atoms with Crippen molar-refractivity contribution in [3.05, 3.63) is 65.7 Å². The second-order valence-corrected chi connectivity index (χ2v) is 7.09. The van der Waals surface area contributed by atoms with Crippen molar-refractivity contribution in [3.63, 3.8) is 0 Å². The third kappa shape index (κ3) is 7.45. The lowest BCUT2D eigenvalue weighted by molar-refractivity contribution is 0.152. The number of aliphatic imine (C=N–C) groups is 1. The molecule has 1 aliphatic rings. The fraction of sp³-hybridized carbons (Fsp3) is 0.435. The fourth-order valence-electron chi connectivity index (χ4n) is 3.44. The van der Waals surface area contributed by atoms with Crippen molar-refractivity contribution in [2.75, 3.05) is 45.9 Å². The molecule has 164 valence electrons. The van der Waals surface area contributed by atoms with E-state index in [-0.39, 0.29) is 30.6 Å². The number of piperazine rings is 1. The van der Waals surface area contributed by atoms with Crippen LogP contribution in [-0.4, -0.2) is 66.7 Å². The molecule has 3 rings (SSSR count). The molecule has 30 heavy (non-hydrogen) atoms. The number of nitrogens with one attached hydrogen (secondary N) is 1. The van der Waals surface area contributed by atoms with Crippen LogP contribution in [0.3, 0.4) is 0 Å². The first-order valence-electron chi connectivity index (χ1n) is 10.4. The summed E-state index contributed by atoms with van der Waals surface area (Å²) in [5, 5.41) is 12.9. The minimum atomic E-state index is 0. The van der Waals surface area contributed by atoms with Gasteiger partial charge in [-0.25, -0.2) is 4.99 Å². The molecule has 1 fully saturated rings. The SMILES string of the molecule is CCNC(=NCc1ccccc1CO)N1CCN(CCOc2ccccc2)CC1.I. The van der Waals surface area contributed by atoms with Gasteiger partial charge in [0.1, 0.15) is 12.4 Å². The lowest BCUT2D eigenvalue weighted by atomic mass is 10.1. The Balaban J connectivity index is 0.00000320. The van der Waals surface area contributed by atoms with E-state index in [4.69, 9.17) is 9.73 Å². The quantitative estimate of drug-likeness (QED) is 0.316. The van der Waals surface area contributed by atoms with Crippen LogP contribution in [0.15, 0.2) is 59.6 Å². The molecule has 0 aromatic heterocycles. The molecule has 1 aliphatic heterocycles. The standard InChI is InChI=1S/C23H32N4O2.HI/c1-2-24-23(25-18-20-8-6-7-9-21(20)19-28)27-14-12-26(13-15-27)16-17-29-22-10-4-3-5-11-22;/h3-11,28H,2,12-19H2,1H3,(H,24,25);1H. The van der Waals surface area contributed by atoms with Crippen LogP contribution in [-0.2, 0) is 13.2 Å². The van der Waals surface area contributed by atoms with Gasteiger partial charge in [-0.3, -0.25) is 4.90 Å². The predicted octanol–water partition coefficient (Wildman–Crippen LogP) is 2.96. The molecule has 2 aromatic carbocycles. The van der Waals surface area contributed by atoms with E-state index in [0.29, 0.717) is 13.2 Å². The van der Waals surface area contributed by atoms with Crippen molar-refractivity contribution in [1.82, 2.24) is 15.1 Å². The minimum absolute atomic E-state index is 0. The van der Waals surface area contributed by atoms with E-state index in [2.05, 4.69) is 22.0 Å². The van der Waals surface area contributed by atoms with Crippen molar-refractivity contribution in [2.24, 2.45) is 4.99 Å². The Morgan fingerprint density at radius 1 is 1.00 bits per heavy atom. The Kier molecular flexibility index (Phi) is 11.0. The van der Waals surface area contributed by atoms with Crippen molar-refractivity contribution in [1.29, 1.82) is 0 Å². The van der Waals surface area contributed by atoms with Crippen molar-refractivity contribution >= 4 is 29.9 Å². The summed E-state index contributed by atoms with van der Waals surface area (Å²) in [5.74, 6) is 1.87. The van der Waals surface area contributed by atoms with Gasteiger partial charge in [0.25, 0.3) is 0 Å². The molecular formula is C23H33IN4O2. The molecule has 1 saturated heterocycles. The van der Waals surface area contributed by atoms with Crippen molar-refractivity contribution < 1.29 is 9.84 Å². The summed E-state index contributed by atoms with van der Waals surface area (Å²) in [4.78, 5) is 9.57. The number of hydrogen-bond acceptors (Lipinski definition) is 4. The maximum absolute atomic E-state index is 9.52. The molecule has 6 nitrogen and oxygen atoms in total. The average Bonchev–Trinajstić information content (AvgIpc) is 2.78. The summed E-state index contributed by atoms with van der Waals surface area (Å²) < 4.78 is 5.82. The van der Waals surface area contributed by atoms with Crippen LogP contribution in [0.25, 0.3) is 0 Å². The summed E-state index contributed by atoms with van der Waals surface area (Å²) in [5.41, 5.74) is 2.01. The van der Waals surface area contributed by atoms with Crippen LogP contribution in [0.1, 0.15) is 18.1 Å². The topological polar surface area (TPSA) is 60.3 Å². The molecule has 0 atom stereocenters. The van der Waals surface area contributed by atoms with Crippen LogP contribution in [0.2, 0.25) is 0 Å². The zero-order chi connectivity index (χ0) is 20.3. The molecule has 0 bridgehead atoms. The number of nitrogens with zero attached hydrogens (tertiary/aromatic N) is 3. The zero-order valence-corrected chi connectivity index (χ0v) is 20.0. The largest absolute Gasteiger partial charge is 0.492 e. The Hall–Kier alpha value is -1.84. The molecular weight excluding hydrogens is 491 g/mol. The third-order valence-corrected chi connectivity index (χ3v) is 5.11. The van der Waals surface area contributed by atoms with Crippen LogP contribution < -0.4 is 10.1 Å². The minimum Gasteiger partial charge on any atom is -0.492 e. The van der Waals surface area contributed by atoms with Crippen LogP contribution in [0, 0.1) is 0 Å². The van der Waals surface area contributed by atoms with E-state index in [9.17, 15) is 5.11 Å². The highest BCUT2D eigenvalue weighted by Gasteiger charge is 2.19. The fourth-order valence-corrected chi connectivity index (χ4v) is 3.44. The number of rotatable bonds is 8. The molecule has 0 aliphatic carbocycles. The van der Waals surface area contributed by atoms with Gasteiger partial charge in [-0.2, -0.15) is 0 Å². The Labute approximate surface area is 197 Å². The Bertz CT molecular complexity index is 765. The summed E-state index contributed by atoms with van der Waals surface area (Å²) in [6.45, 7) is 9.07. The molecule has 0 radical (unpaired) electrons. The van der Waals surface area contributed by atoms with Gasteiger partial charge in [0, 0.05) is 39.3 Å². The summed E-state index contributed by atoms with van der Waals surface area (Å²) in [6, 6.07) is 17.9. The van der Waals surface area contributed by atoms with Crippen LogP contribution >= 0.6 is 24.0 Å². The average molecular weight is 524 g/mol. The molecule has 0 amide bonds. The van der Waals surface area contributed by atoms with E-state index in [1.54, 1.807) is 0 Å². The molecule has 2 N–H and O–H groups in total. The highest BCUT2D eigenvalue weighted by molar-refractivity contribution is 14.0. The van der Waals surface area contributed by atoms with Crippen molar-refractivity contribution in [2.45, 2.75) is 20.1 Å². The highest BCUT2D eigenvalue weighted by atomic mass is 127. The number of guanidine groups is 1. The first-order valence-corrected chi connectivity index (χ1v) is 10.4. The van der Waals surface area contributed by atoms with E-state index in [1.807, 2.05) is 54.6 Å². The molecule has 2 aromatic rings. The van der Waals surface area contributed by atoms with Crippen LogP contribution in [0.4, 0.5) is 0 Å². The summed E-state index contributed by atoms with van der Waals surface area (Å²) >= 11 is 0. The molecule has 0 unspecified atom stereocenters. The van der Waals surface area contributed by atoms with Gasteiger partial charge in [0.15, 0.2) is 5.96 Å². The number of hydrogen-bond donors (Lipinski definition) is 2. The van der Waals surface area contributed by atoms with E-state index < -0.39 is 0 Å². The summed E-state index contributed by atoms with van der Waals surface area (Å²) in [6.07, 6.45) is 0.